The molecule has 0 saturated carbocycles. The van der Waals surface area contributed by atoms with E-state index in [9.17, 15) is 0 Å². The third-order valence-corrected chi connectivity index (χ3v) is 1.08. The quantitative estimate of drug-likeness (QED) is 0.533. The summed E-state index contributed by atoms with van der Waals surface area (Å²) >= 11 is 0. The Balaban J connectivity index is 2.96. The summed E-state index contributed by atoms with van der Waals surface area (Å²) in [4.78, 5) is 0. The second kappa shape index (κ2) is 3.08. The number of hydrogen-bond acceptors (Lipinski definition) is 0. The van der Waals surface area contributed by atoms with E-state index in [1.165, 1.54) is 0 Å². The molecule has 1 rings (SSSR count). The van der Waals surface area contributed by atoms with Crippen LogP contribution in [0.15, 0.2) is 36.4 Å². The Bertz CT molecular complexity index is 224. The zero-order valence-electron chi connectivity index (χ0n) is 6.46. The van der Waals surface area contributed by atoms with Gasteiger partial charge in [-0.05, 0) is 12.5 Å². The Morgan fingerprint density at radius 2 is 2.00 bits per heavy atom. The molecule has 46 valence electrons. The molecule has 0 heteroatoms. The molecule has 0 aliphatic heterocycles. The minimum atomic E-state index is 0.584. The van der Waals surface area contributed by atoms with Crippen LogP contribution >= 0.6 is 0 Å². The minimum absolute atomic E-state index is 0.584. The topological polar surface area (TPSA) is 0 Å². The predicted octanol–water partition coefficient (Wildman–Crippen LogP) is 2.72. The van der Waals surface area contributed by atoms with E-state index in [0.717, 1.165) is 5.56 Å². The lowest BCUT2D eigenvalue weighted by atomic mass is 10.2. The first-order chi connectivity index (χ1) is 4.84. The van der Waals surface area contributed by atoms with Gasteiger partial charge in [-0.2, -0.15) is 0 Å². The van der Waals surface area contributed by atoms with Crippen LogP contribution in [0.2, 0.25) is 0 Å². The molecule has 0 bridgehead atoms. The van der Waals surface area contributed by atoms with Crippen molar-refractivity contribution in [2.24, 2.45) is 0 Å². The standard InChI is InChI=1S/C9H10/c1-2-6-9-7-4-3-5-8-9/h2-8H,1H3/b6-2-/i6D. The summed E-state index contributed by atoms with van der Waals surface area (Å²) in [5.41, 5.74) is 0.977. The van der Waals surface area contributed by atoms with Crippen LogP contribution in [0.3, 0.4) is 0 Å². The van der Waals surface area contributed by atoms with Gasteiger partial charge in [0.05, 0.1) is 1.37 Å². The number of benzene rings is 1. The van der Waals surface area contributed by atoms with Gasteiger partial charge < -0.3 is 0 Å². The predicted molar refractivity (Wildman–Crippen MR) is 41.2 cm³/mol. The van der Waals surface area contributed by atoms with Gasteiger partial charge in [0, 0.05) is 0 Å². The summed E-state index contributed by atoms with van der Waals surface area (Å²) in [5, 5.41) is 0. The van der Waals surface area contributed by atoms with Crippen LogP contribution in [0.5, 0.6) is 0 Å². The van der Waals surface area contributed by atoms with Crippen molar-refractivity contribution in [2.75, 3.05) is 0 Å². The molecule has 0 N–H and O–H groups in total. The van der Waals surface area contributed by atoms with E-state index in [-0.39, 0.29) is 0 Å². The molecule has 0 fully saturated rings. The first-order valence-electron chi connectivity index (χ1n) is 3.53. The smallest absolute Gasteiger partial charge is 0.0626 e. The van der Waals surface area contributed by atoms with E-state index in [0.29, 0.717) is 6.05 Å². The maximum absolute atomic E-state index is 7.42. The summed E-state index contributed by atoms with van der Waals surface area (Å²) in [7, 11) is 0. The second-order valence-corrected chi connectivity index (χ2v) is 1.80. The molecule has 0 unspecified atom stereocenters. The molecule has 0 saturated heterocycles. The largest absolute Gasteiger partial charge is 0.0871 e. The fourth-order valence-electron chi connectivity index (χ4n) is 0.701. The number of hydrogen-bond donors (Lipinski definition) is 0. The van der Waals surface area contributed by atoms with Gasteiger partial charge in [0.15, 0.2) is 0 Å². The molecule has 0 amide bonds. The molecule has 1 aromatic carbocycles. The average molecular weight is 119 g/mol. The Labute approximate surface area is 57.2 Å². The van der Waals surface area contributed by atoms with E-state index in [1.54, 1.807) is 6.08 Å². The van der Waals surface area contributed by atoms with Gasteiger partial charge in [0.25, 0.3) is 0 Å². The maximum Gasteiger partial charge on any atom is 0.0626 e. The molecule has 9 heavy (non-hydrogen) atoms. The van der Waals surface area contributed by atoms with Crippen LogP contribution in [0, 0.1) is 0 Å². The molecule has 0 spiro atoms. The van der Waals surface area contributed by atoms with Crippen molar-refractivity contribution >= 4 is 6.05 Å². The third kappa shape index (κ3) is 1.73. The number of rotatable bonds is 1. The van der Waals surface area contributed by atoms with Gasteiger partial charge in [0.2, 0.25) is 0 Å². The average Bonchev–Trinajstić information content (AvgIpc) is 2.05. The second-order valence-electron chi connectivity index (χ2n) is 1.80. The van der Waals surface area contributed by atoms with Gasteiger partial charge in [-0.1, -0.05) is 42.5 Å². The van der Waals surface area contributed by atoms with Crippen molar-refractivity contribution in [2.45, 2.75) is 6.92 Å². The van der Waals surface area contributed by atoms with E-state index < -0.39 is 0 Å². The van der Waals surface area contributed by atoms with Crippen molar-refractivity contribution in [3.8, 4) is 0 Å². The molecule has 0 radical (unpaired) electrons. The molecule has 0 nitrogen and oxygen atoms in total. The highest BCUT2D eigenvalue weighted by Gasteiger charge is 1.77. The molecule has 0 aliphatic rings. The zero-order valence-corrected chi connectivity index (χ0v) is 5.46. The zero-order chi connectivity index (χ0) is 7.40. The Morgan fingerprint density at radius 1 is 1.33 bits per heavy atom. The maximum atomic E-state index is 7.42. The Kier molecular flexibility index (Phi) is 1.64. The van der Waals surface area contributed by atoms with Crippen LogP contribution in [0.1, 0.15) is 13.9 Å². The molecule has 0 aliphatic carbocycles. The Morgan fingerprint density at radius 3 is 2.56 bits per heavy atom. The highest BCUT2D eigenvalue weighted by molar-refractivity contribution is 5.47. The van der Waals surface area contributed by atoms with E-state index in [4.69, 9.17) is 1.37 Å². The monoisotopic (exact) mass is 119 g/mol. The third-order valence-electron chi connectivity index (χ3n) is 1.08. The van der Waals surface area contributed by atoms with E-state index in [2.05, 4.69) is 0 Å². The van der Waals surface area contributed by atoms with Gasteiger partial charge in [-0.25, -0.2) is 0 Å². The highest BCUT2D eigenvalue weighted by Crippen LogP contribution is 1.99. The fraction of sp³-hybridized carbons (Fsp3) is 0.111. The summed E-state index contributed by atoms with van der Waals surface area (Å²) < 4.78 is 7.42. The summed E-state index contributed by atoms with van der Waals surface area (Å²) in [6.07, 6.45) is 1.79. The lowest BCUT2D eigenvalue weighted by molar-refractivity contribution is 1.64. The first-order valence-corrected chi connectivity index (χ1v) is 3.03. The van der Waals surface area contributed by atoms with Crippen LogP contribution in [-0.4, -0.2) is 0 Å². The van der Waals surface area contributed by atoms with Crippen molar-refractivity contribution in [1.82, 2.24) is 0 Å². The molecular formula is C9H10. The van der Waals surface area contributed by atoms with Gasteiger partial charge in [0.1, 0.15) is 0 Å². The van der Waals surface area contributed by atoms with Gasteiger partial charge in [-0.3, -0.25) is 0 Å². The fourth-order valence-corrected chi connectivity index (χ4v) is 0.701. The van der Waals surface area contributed by atoms with Gasteiger partial charge in [-0.15, -0.1) is 0 Å². The van der Waals surface area contributed by atoms with Crippen molar-refractivity contribution in [3.05, 3.63) is 42.0 Å². The Hall–Kier alpha value is -1.04. The van der Waals surface area contributed by atoms with Gasteiger partial charge >= 0.3 is 0 Å². The SMILES string of the molecule is [2H]/C(=C/C)c1ccccc1. The number of allylic oxidation sites excluding steroid dienone is 1. The minimum Gasteiger partial charge on any atom is -0.0871 e. The van der Waals surface area contributed by atoms with E-state index >= 15 is 0 Å². The summed E-state index contributed by atoms with van der Waals surface area (Å²) in [6.45, 7) is 1.87. The first kappa shape index (κ1) is 4.80. The van der Waals surface area contributed by atoms with Crippen LogP contribution in [-0.2, 0) is 0 Å². The summed E-state index contributed by atoms with van der Waals surface area (Å²) in [5.74, 6) is 0. The van der Waals surface area contributed by atoms with Crippen molar-refractivity contribution < 1.29 is 1.37 Å². The molecule has 0 atom stereocenters. The normalized spacial score (nSPS) is 13.0. The van der Waals surface area contributed by atoms with E-state index in [1.807, 2.05) is 37.3 Å². The lowest BCUT2D eigenvalue weighted by Crippen LogP contribution is -1.65. The molecule has 1 aromatic rings. The van der Waals surface area contributed by atoms with Crippen molar-refractivity contribution in [3.63, 3.8) is 0 Å². The lowest BCUT2D eigenvalue weighted by Gasteiger charge is -1.86. The van der Waals surface area contributed by atoms with Crippen LogP contribution < -0.4 is 0 Å². The molecule has 0 heterocycles. The molecular weight excluding hydrogens is 108 g/mol. The van der Waals surface area contributed by atoms with Crippen LogP contribution in [0.25, 0.3) is 6.05 Å². The van der Waals surface area contributed by atoms with Crippen LogP contribution in [0.4, 0.5) is 0 Å². The summed E-state index contributed by atoms with van der Waals surface area (Å²) in [6, 6.07) is 10.3. The molecule has 0 aromatic heterocycles. The highest BCUT2D eigenvalue weighted by atomic mass is 13.8. The van der Waals surface area contributed by atoms with Crippen molar-refractivity contribution in [1.29, 1.82) is 0 Å².